The Kier molecular flexibility index (Phi) is 8.60. The number of benzene rings is 3. The average Bonchev–Trinajstić information content (AvgIpc) is 3.31. The number of carboxylic acid groups (broad SMARTS) is 1. The smallest absolute Gasteiger partial charge is 0.486 e. The summed E-state index contributed by atoms with van der Waals surface area (Å²) < 4.78 is 53.8. The van der Waals surface area contributed by atoms with E-state index in [1.807, 2.05) is 31.2 Å². The van der Waals surface area contributed by atoms with Crippen LogP contribution in [0.3, 0.4) is 0 Å². The maximum atomic E-state index is 12.8. The van der Waals surface area contributed by atoms with Crippen molar-refractivity contribution in [1.29, 1.82) is 0 Å². The standard InChI is InChI=1S/C28H25F3N2O5S/c1-3-32-20-9-7-18(8-10-20)26-27(19-5-4-6-22(14-19)38-28(29,30)31)39-24(33-26)15-36-21-11-12-23(17(2)13-21)37-16-25(34)35/h4-14,32H,3,15-16H2,1-2H3,(H,34,35). The molecular formula is C28H25F3N2O5S. The Hall–Kier alpha value is -4.25. The summed E-state index contributed by atoms with van der Waals surface area (Å²) in [5.74, 6) is -0.424. The molecule has 0 bridgehead atoms. The van der Waals surface area contributed by atoms with Crippen LogP contribution in [0.1, 0.15) is 17.5 Å². The lowest BCUT2D eigenvalue weighted by atomic mass is 10.1. The van der Waals surface area contributed by atoms with Gasteiger partial charge in [-0.3, -0.25) is 0 Å². The van der Waals surface area contributed by atoms with E-state index >= 15 is 0 Å². The van der Waals surface area contributed by atoms with Crippen molar-refractivity contribution < 1.29 is 37.3 Å². The number of carboxylic acids is 1. The molecule has 0 saturated carbocycles. The largest absolute Gasteiger partial charge is 0.573 e. The molecule has 1 aromatic heterocycles. The van der Waals surface area contributed by atoms with Crippen LogP contribution in [0.2, 0.25) is 0 Å². The van der Waals surface area contributed by atoms with E-state index < -0.39 is 18.9 Å². The molecule has 3 aromatic carbocycles. The van der Waals surface area contributed by atoms with Crippen LogP contribution in [0.15, 0.2) is 66.7 Å². The first-order valence-electron chi connectivity index (χ1n) is 11.9. The number of aryl methyl sites for hydroxylation is 1. The molecule has 0 radical (unpaired) electrons. The van der Waals surface area contributed by atoms with Gasteiger partial charge in [-0.05, 0) is 67.4 Å². The third kappa shape index (κ3) is 7.64. The van der Waals surface area contributed by atoms with E-state index in [1.165, 1.54) is 29.5 Å². The second-order valence-corrected chi connectivity index (χ2v) is 9.45. The number of hydrogen-bond acceptors (Lipinski definition) is 7. The predicted octanol–water partition coefficient (Wildman–Crippen LogP) is 7.16. The molecule has 0 aliphatic carbocycles. The van der Waals surface area contributed by atoms with Gasteiger partial charge in [0.2, 0.25) is 0 Å². The lowest BCUT2D eigenvalue weighted by Gasteiger charge is -2.10. The van der Waals surface area contributed by atoms with Gasteiger partial charge in [-0.15, -0.1) is 24.5 Å². The molecule has 204 valence electrons. The first kappa shape index (κ1) is 27.8. The Balaban J connectivity index is 1.62. The number of carbonyl (C=O) groups is 1. The van der Waals surface area contributed by atoms with Crippen molar-refractivity contribution in [3.8, 4) is 38.9 Å². The molecule has 0 aliphatic heterocycles. The van der Waals surface area contributed by atoms with E-state index in [1.54, 1.807) is 31.2 Å². The van der Waals surface area contributed by atoms with Crippen molar-refractivity contribution in [2.75, 3.05) is 18.5 Å². The van der Waals surface area contributed by atoms with E-state index in [9.17, 15) is 18.0 Å². The Bertz CT molecular complexity index is 1440. The Morgan fingerprint density at radius 3 is 2.44 bits per heavy atom. The highest BCUT2D eigenvalue weighted by molar-refractivity contribution is 7.15. The number of thiazole rings is 1. The molecule has 4 rings (SSSR count). The third-order valence-electron chi connectivity index (χ3n) is 5.40. The molecule has 2 N–H and O–H groups in total. The van der Waals surface area contributed by atoms with Crippen molar-refractivity contribution >= 4 is 23.0 Å². The van der Waals surface area contributed by atoms with Gasteiger partial charge in [-0.2, -0.15) is 0 Å². The Morgan fingerprint density at radius 1 is 1.00 bits per heavy atom. The molecule has 0 spiro atoms. The lowest BCUT2D eigenvalue weighted by Crippen LogP contribution is -2.17. The Morgan fingerprint density at radius 2 is 1.77 bits per heavy atom. The normalized spacial score (nSPS) is 11.2. The van der Waals surface area contributed by atoms with E-state index in [4.69, 9.17) is 19.6 Å². The zero-order chi connectivity index (χ0) is 28.0. The molecule has 7 nitrogen and oxygen atoms in total. The summed E-state index contributed by atoms with van der Waals surface area (Å²) in [5, 5.41) is 12.6. The minimum Gasteiger partial charge on any atom is -0.486 e. The summed E-state index contributed by atoms with van der Waals surface area (Å²) in [6.07, 6.45) is -4.80. The summed E-state index contributed by atoms with van der Waals surface area (Å²) in [6.45, 7) is 4.20. The maximum Gasteiger partial charge on any atom is 0.573 e. The highest BCUT2D eigenvalue weighted by Gasteiger charge is 2.31. The summed E-state index contributed by atoms with van der Waals surface area (Å²) in [5.41, 5.74) is 3.58. The van der Waals surface area contributed by atoms with Gasteiger partial charge in [0.25, 0.3) is 0 Å². The topological polar surface area (TPSA) is 89.9 Å². The molecule has 0 saturated heterocycles. The predicted molar refractivity (Wildman–Crippen MR) is 142 cm³/mol. The van der Waals surface area contributed by atoms with E-state index in [2.05, 4.69) is 10.1 Å². The monoisotopic (exact) mass is 558 g/mol. The van der Waals surface area contributed by atoms with Gasteiger partial charge >= 0.3 is 12.3 Å². The lowest BCUT2D eigenvalue weighted by molar-refractivity contribution is -0.274. The number of nitrogens with one attached hydrogen (secondary N) is 1. The van der Waals surface area contributed by atoms with Crippen molar-refractivity contribution in [3.05, 3.63) is 77.3 Å². The van der Waals surface area contributed by atoms with Gasteiger partial charge in [0.15, 0.2) is 6.61 Å². The van der Waals surface area contributed by atoms with Crippen LogP contribution < -0.4 is 19.5 Å². The molecule has 0 atom stereocenters. The second-order valence-electron chi connectivity index (χ2n) is 8.37. The van der Waals surface area contributed by atoms with Crippen molar-refractivity contribution in [2.45, 2.75) is 26.8 Å². The number of aliphatic carboxylic acids is 1. The molecule has 0 fully saturated rings. The van der Waals surface area contributed by atoms with Crippen molar-refractivity contribution in [2.24, 2.45) is 0 Å². The zero-order valence-corrected chi connectivity index (χ0v) is 21.9. The third-order valence-corrected chi connectivity index (χ3v) is 6.48. The number of anilines is 1. The highest BCUT2D eigenvalue weighted by Crippen LogP contribution is 2.39. The van der Waals surface area contributed by atoms with Crippen LogP contribution >= 0.6 is 11.3 Å². The molecule has 0 aliphatic rings. The highest BCUT2D eigenvalue weighted by atomic mass is 32.1. The minimum atomic E-state index is -4.80. The van der Waals surface area contributed by atoms with Crippen LogP contribution in [-0.4, -0.2) is 35.6 Å². The van der Waals surface area contributed by atoms with Gasteiger partial charge in [-0.25, -0.2) is 9.78 Å². The van der Waals surface area contributed by atoms with Gasteiger partial charge in [-0.1, -0.05) is 24.3 Å². The number of aromatic nitrogens is 1. The minimum absolute atomic E-state index is 0.112. The molecule has 39 heavy (non-hydrogen) atoms. The van der Waals surface area contributed by atoms with Gasteiger partial charge in [0.1, 0.15) is 28.9 Å². The molecule has 0 amide bonds. The van der Waals surface area contributed by atoms with Crippen LogP contribution in [0, 0.1) is 6.92 Å². The van der Waals surface area contributed by atoms with E-state index in [-0.39, 0.29) is 12.4 Å². The number of ether oxygens (including phenoxy) is 3. The number of hydrogen-bond donors (Lipinski definition) is 2. The number of alkyl halides is 3. The number of rotatable bonds is 11. The molecule has 1 heterocycles. The summed E-state index contributed by atoms with van der Waals surface area (Å²) in [4.78, 5) is 16.2. The van der Waals surface area contributed by atoms with Gasteiger partial charge < -0.3 is 24.6 Å². The second kappa shape index (κ2) is 12.1. The fourth-order valence-electron chi connectivity index (χ4n) is 3.76. The first-order valence-corrected chi connectivity index (χ1v) is 12.7. The molecule has 0 unspecified atom stereocenters. The van der Waals surface area contributed by atoms with E-state index in [0.717, 1.165) is 17.8 Å². The number of halogens is 3. The quantitative estimate of drug-likeness (QED) is 0.202. The maximum absolute atomic E-state index is 12.8. The van der Waals surface area contributed by atoms with Crippen molar-refractivity contribution in [1.82, 2.24) is 4.98 Å². The fourth-order valence-corrected chi connectivity index (χ4v) is 4.76. The van der Waals surface area contributed by atoms with Crippen molar-refractivity contribution in [3.63, 3.8) is 0 Å². The molecule has 11 heteroatoms. The molecule has 4 aromatic rings. The average molecular weight is 559 g/mol. The summed E-state index contributed by atoms with van der Waals surface area (Å²) in [6, 6.07) is 18.4. The Labute approximate surface area is 226 Å². The molecular weight excluding hydrogens is 533 g/mol. The number of nitrogens with zero attached hydrogens (tertiary/aromatic N) is 1. The van der Waals surface area contributed by atoms with Gasteiger partial charge in [0, 0.05) is 17.8 Å². The first-order chi connectivity index (χ1) is 18.6. The van der Waals surface area contributed by atoms with Gasteiger partial charge in [0.05, 0.1) is 10.6 Å². The zero-order valence-electron chi connectivity index (χ0n) is 21.0. The van der Waals surface area contributed by atoms with Crippen LogP contribution in [0.4, 0.5) is 18.9 Å². The summed E-state index contributed by atoms with van der Waals surface area (Å²) >= 11 is 1.31. The SMILES string of the molecule is CCNc1ccc(-c2nc(COc3ccc(OCC(=O)O)c(C)c3)sc2-c2cccc(OC(F)(F)F)c2)cc1. The van der Waals surface area contributed by atoms with Crippen LogP contribution in [0.25, 0.3) is 21.7 Å². The van der Waals surface area contributed by atoms with E-state index in [0.29, 0.717) is 38.2 Å². The summed E-state index contributed by atoms with van der Waals surface area (Å²) in [7, 11) is 0. The fraction of sp³-hybridized carbons (Fsp3) is 0.214. The van der Waals surface area contributed by atoms with Crippen LogP contribution in [-0.2, 0) is 11.4 Å². The van der Waals surface area contributed by atoms with Crippen LogP contribution in [0.5, 0.6) is 17.2 Å².